The summed E-state index contributed by atoms with van der Waals surface area (Å²) in [5.41, 5.74) is 0.669. The molecule has 118 valence electrons. The molecule has 0 atom stereocenters. The van der Waals surface area contributed by atoms with Crippen molar-refractivity contribution in [1.82, 2.24) is 20.3 Å². The topological polar surface area (TPSA) is 96.9 Å². The lowest BCUT2D eigenvalue weighted by molar-refractivity contribution is -0.123. The van der Waals surface area contributed by atoms with Gasteiger partial charge in [-0.2, -0.15) is 15.0 Å². The van der Waals surface area contributed by atoms with E-state index in [0.29, 0.717) is 10.7 Å². The van der Waals surface area contributed by atoms with Crippen LogP contribution in [-0.2, 0) is 9.59 Å². The SMILES string of the molecule is Clc1nc(Cl)nc(Nc2ccccc2Cl)n1.O=C1C=CC(=O)N1. The molecule has 0 bridgehead atoms. The van der Waals surface area contributed by atoms with Gasteiger partial charge in [-0.05, 0) is 35.3 Å². The molecule has 1 aliphatic rings. The van der Waals surface area contributed by atoms with Crippen LogP contribution in [0.4, 0.5) is 11.6 Å². The van der Waals surface area contributed by atoms with Gasteiger partial charge in [0.2, 0.25) is 16.5 Å². The molecule has 2 amide bonds. The predicted octanol–water partition coefficient (Wildman–Crippen LogP) is 2.77. The number of benzene rings is 1. The van der Waals surface area contributed by atoms with Gasteiger partial charge >= 0.3 is 0 Å². The second-order valence-electron chi connectivity index (χ2n) is 3.99. The van der Waals surface area contributed by atoms with Crippen molar-refractivity contribution in [3.8, 4) is 0 Å². The van der Waals surface area contributed by atoms with Crippen molar-refractivity contribution < 1.29 is 9.59 Å². The van der Waals surface area contributed by atoms with Crippen LogP contribution in [0.5, 0.6) is 0 Å². The van der Waals surface area contributed by atoms with Crippen LogP contribution in [0.2, 0.25) is 15.6 Å². The Labute approximate surface area is 145 Å². The molecule has 23 heavy (non-hydrogen) atoms. The number of aromatic nitrogens is 3. The number of rotatable bonds is 2. The Bertz CT molecular complexity index is 746. The number of para-hydroxylation sites is 1. The highest BCUT2D eigenvalue weighted by molar-refractivity contribution is 6.33. The average molecular weight is 373 g/mol. The van der Waals surface area contributed by atoms with E-state index in [-0.39, 0.29) is 28.3 Å². The van der Waals surface area contributed by atoms with Crippen LogP contribution in [0.15, 0.2) is 36.4 Å². The molecule has 0 spiro atoms. The third-order valence-electron chi connectivity index (χ3n) is 2.33. The van der Waals surface area contributed by atoms with E-state index in [1.54, 1.807) is 12.1 Å². The first-order chi connectivity index (χ1) is 10.9. The van der Waals surface area contributed by atoms with Crippen molar-refractivity contribution >= 4 is 58.3 Å². The number of nitrogens with zero attached hydrogens (tertiary/aromatic N) is 3. The first-order valence-corrected chi connectivity index (χ1v) is 7.19. The van der Waals surface area contributed by atoms with E-state index >= 15 is 0 Å². The van der Waals surface area contributed by atoms with Gasteiger partial charge in [0.15, 0.2) is 0 Å². The van der Waals surface area contributed by atoms with Gasteiger partial charge < -0.3 is 5.32 Å². The molecule has 0 unspecified atom stereocenters. The summed E-state index contributed by atoms with van der Waals surface area (Å²) >= 11 is 17.2. The fraction of sp³-hybridized carbons (Fsp3) is 0. The lowest BCUT2D eigenvalue weighted by Gasteiger charge is -2.06. The van der Waals surface area contributed by atoms with Crippen molar-refractivity contribution in [3.05, 3.63) is 52.0 Å². The smallest absolute Gasteiger partial charge is 0.250 e. The van der Waals surface area contributed by atoms with Crippen LogP contribution in [0.1, 0.15) is 0 Å². The Hall–Kier alpha value is -2.22. The van der Waals surface area contributed by atoms with Crippen molar-refractivity contribution in [2.75, 3.05) is 5.32 Å². The molecule has 0 saturated carbocycles. The lowest BCUT2D eigenvalue weighted by Crippen LogP contribution is -2.19. The summed E-state index contributed by atoms with van der Waals surface area (Å²) in [6.07, 6.45) is 2.39. The molecule has 0 fully saturated rings. The highest BCUT2D eigenvalue weighted by atomic mass is 35.5. The minimum Gasteiger partial charge on any atom is -0.323 e. The fourth-order valence-electron chi connectivity index (χ4n) is 1.42. The molecule has 2 heterocycles. The molecule has 7 nitrogen and oxygen atoms in total. The van der Waals surface area contributed by atoms with Crippen LogP contribution in [-0.4, -0.2) is 26.8 Å². The molecule has 3 rings (SSSR count). The number of carbonyl (C=O) groups excluding carboxylic acids is 2. The van der Waals surface area contributed by atoms with Crippen molar-refractivity contribution in [3.63, 3.8) is 0 Å². The van der Waals surface area contributed by atoms with Gasteiger partial charge in [-0.3, -0.25) is 14.9 Å². The van der Waals surface area contributed by atoms with Crippen molar-refractivity contribution in [2.45, 2.75) is 0 Å². The Kier molecular flexibility index (Phi) is 5.86. The number of nitrogens with one attached hydrogen (secondary N) is 2. The third-order valence-corrected chi connectivity index (χ3v) is 3.00. The number of carbonyl (C=O) groups is 2. The second-order valence-corrected chi connectivity index (χ2v) is 5.07. The maximum atomic E-state index is 10.0. The minimum absolute atomic E-state index is 0.0227. The number of anilines is 2. The summed E-state index contributed by atoms with van der Waals surface area (Å²) in [5, 5.41) is 5.52. The maximum absolute atomic E-state index is 10.0. The van der Waals surface area contributed by atoms with Crippen LogP contribution >= 0.6 is 34.8 Å². The van der Waals surface area contributed by atoms with Crippen LogP contribution in [0.3, 0.4) is 0 Å². The van der Waals surface area contributed by atoms with Gasteiger partial charge in [0.1, 0.15) is 0 Å². The summed E-state index contributed by atoms with van der Waals surface area (Å²) in [6.45, 7) is 0. The van der Waals surface area contributed by atoms with Crippen LogP contribution in [0, 0.1) is 0 Å². The monoisotopic (exact) mass is 371 g/mol. The van der Waals surface area contributed by atoms with E-state index in [0.717, 1.165) is 0 Å². The zero-order valence-electron chi connectivity index (χ0n) is 11.3. The van der Waals surface area contributed by atoms with E-state index in [2.05, 4.69) is 20.3 Å². The first-order valence-electron chi connectivity index (χ1n) is 6.05. The summed E-state index contributed by atoms with van der Waals surface area (Å²) in [5.74, 6) is -0.409. The van der Waals surface area contributed by atoms with E-state index in [9.17, 15) is 9.59 Å². The zero-order chi connectivity index (χ0) is 16.8. The highest BCUT2D eigenvalue weighted by Gasteiger charge is 2.07. The Morgan fingerprint density at radius 2 is 1.43 bits per heavy atom. The van der Waals surface area contributed by atoms with E-state index < -0.39 is 0 Å². The van der Waals surface area contributed by atoms with E-state index in [1.807, 2.05) is 17.4 Å². The molecule has 0 saturated heterocycles. The van der Waals surface area contributed by atoms with Crippen LogP contribution in [0.25, 0.3) is 0 Å². The van der Waals surface area contributed by atoms with Gasteiger partial charge in [-0.15, -0.1) is 0 Å². The van der Waals surface area contributed by atoms with E-state index in [1.165, 1.54) is 12.2 Å². The average Bonchev–Trinajstić information content (AvgIpc) is 2.84. The second kappa shape index (κ2) is 7.87. The molecule has 1 aromatic carbocycles. The highest BCUT2D eigenvalue weighted by Crippen LogP contribution is 2.23. The number of hydrogen-bond donors (Lipinski definition) is 2. The summed E-state index contributed by atoms with van der Waals surface area (Å²) in [4.78, 5) is 31.4. The van der Waals surface area contributed by atoms with E-state index in [4.69, 9.17) is 34.8 Å². The summed E-state index contributed by atoms with van der Waals surface area (Å²) in [6, 6.07) is 7.18. The van der Waals surface area contributed by atoms with Gasteiger partial charge in [-0.25, -0.2) is 0 Å². The molecule has 0 aliphatic carbocycles. The maximum Gasteiger partial charge on any atom is 0.250 e. The Balaban J connectivity index is 0.000000229. The van der Waals surface area contributed by atoms with Crippen LogP contribution < -0.4 is 10.6 Å². The molecule has 1 aliphatic heterocycles. The number of halogens is 3. The Morgan fingerprint density at radius 3 is 1.91 bits per heavy atom. The zero-order valence-corrected chi connectivity index (χ0v) is 13.5. The quantitative estimate of drug-likeness (QED) is 0.787. The fourth-order valence-corrected chi connectivity index (χ4v) is 1.97. The van der Waals surface area contributed by atoms with Crippen molar-refractivity contribution in [1.29, 1.82) is 0 Å². The largest absolute Gasteiger partial charge is 0.323 e. The number of hydrogen-bond acceptors (Lipinski definition) is 6. The number of amides is 2. The molecular formula is C13H8Cl3N5O2. The molecule has 2 aromatic rings. The first kappa shape index (κ1) is 17.1. The van der Waals surface area contributed by atoms with Crippen molar-refractivity contribution in [2.24, 2.45) is 0 Å². The number of imide groups is 1. The summed E-state index contributed by atoms with van der Waals surface area (Å²) in [7, 11) is 0. The lowest BCUT2D eigenvalue weighted by atomic mass is 10.3. The molecule has 0 radical (unpaired) electrons. The van der Waals surface area contributed by atoms with Gasteiger partial charge in [-0.1, -0.05) is 23.7 Å². The normalized spacial score (nSPS) is 12.5. The minimum atomic E-state index is -0.329. The summed E-state index contributed by atoms with van der Waals surface area (Å²) < 4.78 is 0. The van der Waals surface area contributed by atoms with Gasteiger partial charge in [0.25, 0.3) is 11.8 Å². The van der Waals surface area contributed by atoms with Gasteiger partial charge in [0.05, 0.1) is 10.7 Å². The third kappa shape index (κ3) is 5.48. The molecule has 1 aromatic heterocycles. The molecular weight excluding hydrogens is 365 g/mol. The molecule has 2 N–H and O–H groups in total. The predicted molar refractivity (Wildman–Crippen MR) is 86.9 cm³/mol. The van der Waals surface area contributed by atoms with Gasteiger partial charge in [0, 0.05) is 12.2 Å². The standard InChI is InChI=1S/C9H5Cl3N4.C4H3NO2/c10-5-3-1-2-4-6(5)13-9-15-7(11)14-8(12)16-9;6-3-1-2-4(7)5-3/h1-4H,(H,13,14,15,16);1-2H,(H,5,6,7). The molecule has 10 heteroatoms. The Morgan fingerprint density at radius 1 is 0.870 bits per heavy atom.